The average molecular weight is 241 g/mol. The number of nitriles is 1. The van der Waals surface area contributed by atoms with Crippen molar-refractivity contribution in [2.75, 3.05) is 6.61 Å². The van der Waals surface area contributed by atoms with Gasteiger partial charge in [0.05, 0.1) is 29.2 Å². The van der Waals surface area contributed by atoms with Gasteiger partial charge < -0.3 is 4.74 Å². The molecule has 0 saturated heterocycles. The van der Waals surface area contributed by atoms with E-state index < -0.39 is 0 Å². The Balaban J connectivity index is 2.40. The maximum absolute atomic E-state index is 9.05. The third-order valence-electron chi connectivity index (χ3n) is 2.80. The predicted molar refractivity (Wildman–Crippen MR) is 68.9 cm³/mol. The highest BCUT2D eigenvalue weighted by atomic mass is 16.5. The summed E-state index contributed by atoms with van der Waals surface area (Å²) in [7, 11) is 0. The number of aromatic nitrogens is 2. The molecule has 92 valence electrons. The van der Waals surface area contributed by atoms with Gasteiger partial charge in [-0.15, -0.1) is 0 Å². The zero-order valence-electron chi connectivity index (χ0n) is 10.8. The van der Waals surface area contributed by atoms with Crippen LogP contribution in [0.15, 0.2) is 24.3 Å². The van der Waals surface area contributed by atoms with E-state index in [2.05, 4.69) is 11.2 Å². The number of hydrogen-bond donors (Lipinski definition) is 0. The second kappa shape index (κ2) is 4.92. The maximum atomic E-state index is 9.05. The summed E-state index contributed by atoms with van der Waals surface area (Å²) in [5, 5.41) is 13.4. The Bertz CT molecular complexity index is 591. The molecule has 0 aliphatic carbocycles. The normalized spacial score (nSPS) is 10.1. The zero-order chi connectivity index (χ0) is 13.1. The number of aryl methyl sites for hydroxylation is 1. The molecular formula is C14H15N3O. The standard InChI is InChI=1S/C14H15N3O/c1-4-18-13-7-5-12(6-8-13)17-11(3)14(9-15)10(2)16-17/h5-8H,4H2,1-3H3. The monoisotopic (exact) mass is 241 g/mol. The highest BCUT2D eigenvalue weighted by Gasteiger charge is 2.11. The van der Waals surface area contributed by atoms with Gasteiger partial charge in [0.2, 0.25) is 0 Å². The number of ether oxygens (including phenoxy) is 1. The molecule has 0 amide bonds. The first-order valence-corrected chi connectivity index (χ1v) is 5.87. The molecule has 0 bridgehead atoms. The minimum absolute atomic E-state index is 0.642. The minimum atomic E-state index is 0.642. The lowest BCUT2D eigenvalue weighted by atomic mass is 10.2. The SMILES string of the molecule is CCOc1ccc(-n2nc(C)c(C#N)c2C)cc1. The van der Waals surface area contributed by atoms with E-state index in [9.17, 15) is 0 Å². The van der Waals surface area contributed by atoms with Gasteiger partial charge in [-0.25, -0.2) is 4.68 Å². The van der Waals surface area contributed by atoms with Crippen molar-refractivity contribution in [2.45, 2.75) is 20.8 Å². The van der Waals surface area contributed by atoms with Gasteiger partial charge in [0.25, 0.3) is 0 Å². The molecule has 2 rings (SSSR count). The third kappa shape index (κ3) is 2.07. The Labute approximate surface area is 106 Å². The summed E-state index contributed by atoms with van der Waals surface area (Å²) in [6.45, 7) is 6.34. The van der Waals surface area contributed by atoms with Crippen molar-refractivity contribution in [2.24, 2.45) is 0 Å². The molecule has 0 fully saturated rings. The molecule has 1 aromatic carbocycles. The molecule has 0 aliphatic rings. The van der Waals surface area contributed by atoms with Crippen LogP contribution in [0, 0.1) is 25.2 Å². The van der Waals surface area contributed by atoms with Gasteiger partial charge in [-0.1, -0.05) is 0 Å². The van der Waals surface area contributed by atoms with Crippen LogP contribution in [0.5, 0.6) is 5.75 Å². The largest absolute Gasteiger partial charge is 0.494 e. The molecule has 0 radical (unpaired) electrons. The van der Waals surface area contributed by atoms with Gasteiger partial charge in [-0.05, 0) is 45.0 Å². The first-order chi connectivity index (χ1) is 8.67. The van der Waals surface area contributed by atoms with Crippen LogP contribution in [0.2, 0.25) is 0 Å². The highest BCUT2D eigenvalue weighted by Crippen LogP contribution is 2.19. The van der Waals surface area contributed by atoms with E-state index in [1.54, 1.807) is 4.68 Å². The van der Waals surface area contributed by atoms with Gasteiger partial charge in [0.1, 0.15) is 11.8 Å². The van der Waals surface area contributed by atoms with Gasteiger partial charge in [0.15, 0.2) is 0 Å². The van der Waals surface area contributed by atoms with Crippen molar-refractivity contribution in [3.8, 4) is 17.5 Å². The molecule has 0 spiro atoms. The number of nitrogens with zero attached hydrogens (tertiary/aromatic N) is 3. The van der Waals surface area contributed by atoms with Crippen molar-refractivity contribution >= 4 is 0 Å². The molecule has 0 saturated carbocycles. The van der Waals surface area contributed by atoms with Crippen LogP contribution in [0.1, 0.15) is 23.9 Å². The molecule has 0 aliphatic heterocycles. The summed E-state index contributed by atoms with van der Waals surface area (Å²) in [5.74, 6) is 0.836. The number of hydrogen-bond acceptors (Lipinski definition) is 3. The van der Waals surface area contributed by atoms with E-state index in [0.717, 1.165) is 22.8 Å². The molecule has 0 atom stereocenters. The van der Waals surface area contributed by atoms with Crippen molar-refractivity contribution in [1.82, 2.24) is 9.78 Å². The van der Waals surface area contributed by atoms with Crippen LogP contribution in [0.25, 0.3) is 5.69 Å². The molecule has 1 aromatic heterocycles. The molecule has 4 heteroatoms. The smallest absolute Gasteiger partial charge is 0.119 e. The highest BCUT2D eigenvalue weighted by molar-refractivity contribution is 5.44. The quantitative estimate of drug-likeness (QED) is 0.830. The Morgan fingerprint density at radius 3 is 2.44 bits per heavy atom. The number of rotatable bonds is 3. The molecular weight excluding hydrogens is 226 g/mol. The summed E-state index contributed by atoms with van der Waals surface area (Å²) in [6, 6.07) is 9.86. The first-order valence-electron chi connectivity index (χ1n) is 5.87. The van der Waals surface area contributed by atoms with Gasteiger partial charge in [-0.3, -0.25) is 0 Å². The van der Waals surface area contributed by atoms with E-state index in [0.29, 0.717) is 12.2 Å². The van der Waals surface area contributed by atoms with Crippen LogP contribution < -0.4 is 4.74 Å². The Kier molecular flexibility index (Phi) is 3.33. The lowest BCUT2D eigenvalue weighted by molar-refractivity contribution is 0.340. The Morgan fingerprint density at radius 2 is 1.94 bits per heavy atom. The maximum Gasteiger partial charge on any atom is 0.119 e. The van der Waals surface area contributed by atoms with E-state index in [1.165, 1.54) is 0 Å². The van der Waals surface area contributed by atoms with E-state index >= 15 is 0 Å². The summed E-state index contributed by atoms with van der Waals surface area (Å²) >= 11 is 0. The molecule has 18 heavy (non-hydrogen) atoms. The van der Waals surface area contributed by atoms with Crippen molar-refractivity contribution < 1.29 is 4.74 Å². The van der Waals surface area contributed by atoms with Crippen LogP contribution in [-0.4, -0.2) is 16.4 Å². The van der Waals surface area contributed by atoms with Gasteiger partial charge >= 0.3 is 0 Å². The Hall–Kier alpha value is -2.28. The van der Waals surface area contributed by atoms with Crippen LogP contribution in [-0.2, 0) is 0 Å². The van der Waals surface area contributed by atoms with Crippen molar-refractivity contribution in [3.05, 3.63) is 41.2 Å². The van der Waals surface area contributed by atoms with E-state index in [-0.39, 0.29) is 0 Å². The summed E-state index contributed by atoms with van der Waals surface area (Å²) in [6.07, 6.45) is 0. The summed E-state index contributed by atoms with van der Waals surface area (Å²) < 4.78 is 7.18. The van der Waals surface area contributed by atoms with Crippen molar-refractivity contribution in [1.29, 1.82) is 5.26 Å². The Morgan fingerprint density at radius 1 is 1.28 bits per heavy atom. The predicted octanol–water partition coefficient (Wildman–Crippen LogP) is 2.76. The van der Waals surface area contributed by atoms with Crippen LogP contribution >= 0.6 is 0 Å². The topological polar surface area (TPSA) is 50.8 Å². The summed E-state index contributed by atoms with van der Waals surface area (Å²) in [5.41, 5.74) is 3.19. The third-order valence-corrected chi connectivity index (χ3v) is 2.80. The average Bonchev–Trinajstić information content (AvgIpc) is 2.66. The molecule has 1 heterocycles. The molecule has 4 nitrogen and oxygen atoms in total. The molecule has 2 aromatic rings. The lowest BCUT2D eigenvalue weighted by Gasteiger charge is -2.06. The van der Waals surface area contributed by atoms with Gasteiger partial charge in [-0.2, -0.15) is 10.4 Å². The second-order valence-electron chi connectivity index (χ2n) is 4.00. The van der Waals surface area contributed by atoms with Gasteiger partial charge in [0, 0.05) is 0 Å². The summed E-state index contributed by atoms with van der Waals surface area (Å²) in [4.78, 5) is 0. The fourth-order valence-corrected chi connectivity index (χ4v) is 1.91. The molecule has 0 N–H and O–H groups in total. The van der Waals surface area contributed by atoms with E-state index in [1.807, 2.05) is 45.0 Å². The zero-order valence-corrected chi connectivity index (χ0v) is 10.8. The minimum Gasteiger partial charge on any atom is -0.494 e. The first kappa shape index (κ1) is 12.2. The lowest BCUT2D eigenvalue weighted by Crippen LogP contribution is -1.99. The van der Waals surface area contributed by atoms with Crippen molar-refractivity contribution in [3.63, 3.8) is 0 Å². The number of benzene rings is 1. The van der Waals surface area contributed by atoms with Crippen LogP contribution in [0.4, 0.5) is 0 Å². The fraction of sp³-hybridized carbons (Fsp3) is 0.286. The van der Waals surface area contributed by atoms with E-state index in [4.69, 9.17) is 10.00 Å². The molecule has 0 unspecified atom stereocenters. The van der Waals surface area contributed by atoms with Crippen LogP contribution in [0.3, 0.4) is 0 Å². The fourth-order valence-electron chi connectivity index (χ4n) is 1.91. The second-order valence-corrected chi connectivity index (χ2v) is 4.00.